The number of fused-ring (bicyclic) bond motifs is 2. The molecule has 3 atom stereocenters. The van der Waals surface area contributed by atoms with Crippen LogP contribution < -0.4 is 5.32 Å². The Morgan fingerprint density at radius 1 is 1.30 bits per heavy atom. The van der Waals surface area contributed by atoms with Gasteiger partial charge in [0.1, 0.15) is 0 Å². The Hall–Kier alpha value is -0.0900. The maximum absolute atomic E-state index is 6.41. The molecule has 1 aromatic rings. The number of hydrogen-bond donors (Lipinski definition) is 1. The van der Waals surface area contributed by atoms with Gasteiger partial charge in [0, 0.05) is 33.7 Å². The van der Waals surface area contributed by atoms with Crippen molar-refractivity contribution in [3.8, 4) is 0 Å². The Morgan fingerprint density at radius 3 is 2.55 bits per heavy atom. The minimum Gasteiger partial charge on any atom is -0.311 e. The van der Waals surface area contributed by atoms with Gasteiger partial charge in [-0.25, -0.2) is 0 Å². The molecule has 0 amide bonds. The van der Waals surface area contributed by atoms with Crippen molar-refractivity contribution in [2.24, 2.45) is 0 Å². The van der Waals surface area contributed by atoms with Gasteiger partial charge >= 0.3 is 0 Å². The zero-order chi connectivity index (χ0) is 14.3. The third kappa shape index (κ3) is 2.92. The van der Waals surface area contributed by atoms with Crippen LogP contribution in [0.4, 0.5) is 0 Å². The molecule has 4 heteroatoms. The molecule has 2 heterocycles. The molecule has 2 aliphatic heterocycles. The first kappa shape index (κ1) is 14.8. The molecule has 110 valence electrons. The van der Waals surface area contributed by atoms with E-state index in [9.17, 15) is 0 Å². The summed E-state index contributed by atoms with van der Waals surface area (Å²) in [6.07, 6.45) is 5.24. The van der Waals surface area contributed by atoms with E-state index in [0.29, 0.717) is 12.1 Å². The second-order valence-corrected chi connectivity index (χ2v) is 7.59. The summed E-state index contributed by atoms with van der Waals surface area (Å²) in [6.45, 7) is 2.26. The Labute approximate surface area is 135 Å². The second kappa shape index (κ2) is 5.96. The molecule has 1 aromatic carbocycles. The van der Waals surface area contributed by atoms with Crippen molar-refractivity contribution in [3.63, 3.8) is 0 Å². The summed E-state index contributed by atoms with van der Waals surface area (Å²) in [4.78, 5) is 2.52. The fraction of sp³-hybridized carbons (Fsp3) is 0.625. The first-order valence-electron chi connectivity index (χ1n) is 7.47. The molecule has 2 aliphatic rings. The highest BCUT2D eigenvalue weighted by atomic mass is 79.9. The maximum Gasteiger partial charge on any atom is 0.0464 e. The van der Waals surface area contributed by atoms with E-state index in [2.05, 4.69) is 52.3 Å². The zero-order valence-electron chi connectivity index (χ0n) is 12.1. The molecule has 2 fully saturated rings. The average molecular weight is 358 g/mol. The molecule has 0 aliphatic carbocycles. The minimum absolute atomic E-state index is 0.359. The molecule has 2 bridgehead atoms. The lowest BCUT2D eigenvalue weighted by atomic mass is 9.96. The molecule has 3 rings (SSSR count). The van der Waals surface area contributed by atoms with E-state index in [1.807, 2.05) is 6.07 Å². The number of halogens is 2. The van der Waals surface area contributed by atoms with Gasteiger partial charge in [0.2, 0.25) is 0 Å². The van der Waals surface area contributed by atoms with Crippen molar-refractivity contribution in [3.05, 3.63) is 33.3 Å². The molecular formula is C16H22BrClN2. The molecule has 0 radical (unpaired) electrons. The zero-order valence-corrected chi connectivity index (χ0v) is 14.4. The molecule has 0 spiro atoms. The summed E-state index contributed by atoms with van der Waals surface area (Å²) in [5.74, 6) is 0. The number of rotatable bonds is 3. The minimum atomic E-state index is 0.359. The summed E-state index contributed by atoms with van der Waals surface area (Å²) >= 11 is 9.88. The molecule has 20 heavy (non-hydrogen) atoms. The topological polar surface area (TPSA) is 15.3 Å². The van der Waals surface area contributed by atoms with Crippen LogP contribution >= 0.6 is 27.5 Å². The Bertz CT molecular complexity index is 481. The number of nitrogens with one attached hydrogen (secondary N) is 1. The summed E-state index contributed by atoms with van der Waals surface area (Å²) in [5, 5.41) is 4.57. The lowest BCUT2D eigenvalue weighted by Crippen LogP contribution is -2.47. The van der Waals surface area contributed by atoms with Crippen LogP contribution in [0.2, 0.25) is 5.02 Å². The van der Waals surface area contributed by atoms with Crippen LogP contribution in [0.5, 0.6) is 0 Å². The summed E-state index contributed by atoms with van der Waals surface area (Å²) in [7, 11) is 2.25. The number of benzene rings is 1. The third-order valence-electron chi connectivity index (χ3n) is 5.05. The van der Waals surface area contributed by atoms with E-state index in [1.165, 1.54) is 31.2 Å². The Kier molecular flexibility index (Phi) is 4.42. The van der Waals surface area contributed by atoms with Crippen molar-refractivity contribution >= 4 is 27.5 Å². The van der Waals surface area contributed by atoms with E-state index < -0.39 is 0 Å². The van der Waals surface area contributed by atoms with E-state index in [4.69, 9.17) is 11.6 Å². The average Bonchev–Trinajstić information content (AvgIpc) is 2.76. The van der Waals surface area contributed by atoms with Gasteiger partial charge in [0.15, 0.2) is 0 Å². The number of hydrogen-bond acceptors (Lipinski definition) is 2. The normalized spacial score (nSPS) is 30.8. The SMILES string of the molecule is CC(c1ccc(Br)cc1Cl)N(C)C1CC2CCC(C1)N2. The van der Waals surface area contributed by atoms with Crippen LogP contribution in [0.3, 0.4) is 0 Å². The van der Waals surface area contributed by atoms with Crippen molar-refractivity contribution in [1.29, 1.82) is 0 Å². The van der Waals surface area contributed by atoms with Gasteiger partial charge in [-0.05, 0) is 57.4 Å². The van der Waals surface area contributed by atoms with E-state index in [0.717, 1.165) is 21.6 Å². The van der Waals surface area contributed by atoms with Crippen molar-refractivity contribution in [2.75, 3.05) is 7.05 Å². The van der Waals surface area contributed by atoms with Gasteiger partial charge in [-0.15, -0.1) is 0 Å². The summed E-state index contributed by atoms with van der Waals surface area (Å²) in [5.41, 5.74) is 1.23. The third-order valence-corrected chi connectivity index (χ3v) is 5.87. The molecule has 2 nitrogen and oxygen atoms in total. The van der Waals surface area contributed by atoms with Crippen LogP contribution in [-0.2, 0) is 0 Å². The maximum atomic E-state index is 6.41. The fourth-order valence-electron chi connectivity index (χ4n) is 3.74. The second-order valence-electron chi connectivity index (χ2n) is 6.27. The van der Waals surface area contributed by atoms with Crippen molar-refractivity contribution in [2.45, 2.75) is 56.8 Å². The predicted molar refractivity (Wildman–Crippen MR) is 88.3 cm³/mol. The summed E-state index contributed by atoms with van der Waals surface area (Å²) in [6, 6.07) is 8.71. The molecule has 0 aromatic heterocycles. The molecular weight excluding hydrogens is 336 g/mol. The number of piperidine rings is 1. The highest BCUT2D eigenvalue weighted by Gasteiger charge is 2.36. The lowest BCUT2D eigenvalue weighted by molar-refractivity contribution is 0.133. The van der Waals surface area contributed by atoms with Gasteiger partial charge in [0.05, 0.1) is 0 Å². The van der Waals surface area contributed by atoms with Gasteiger partial charge in [-0.1, -0.05) is 33.6 Å². The standard InChI is InChI=1S/C16H22BrClN2/c1-10(15-6-3-11(17)7-16(15)18)20(2)14-8-12-4-5-13(9-14)19-12/h3,6-7,10,12-14,19H,4-5,8-9H2,1-2H3. The predicted octanol–water partition coefficient (Wildman–Crippen LogP) is 4.38. The quantitative estimate of drug-likeness (QED) is 0.863. The van der Waals surface area contributed by atoms with Gasteiger partial charge in [0.25, 0.3) is 0 Å². The summed E-state index contributed by atoms with van der Waals surface area (Å²) < 4.78 is 1.04. The van der Waals surface area contributed by atoms with Crippen LogP contribution in [-0.4, -0.2) is 30.1 Å². The van der Waals surface area contributed by atoms with Crippen molar-refractivity contribution < 1.29 is 0 Å². The van der Waals surface area contributed by atoms with Crippen LogP contribution in [0.25, 0.3) is 0 Å². The molecule has 3 unspecified atom stereocenters. The molecule has 0 saturated carbocycles. The highest BCUT2D eigenvalue weighted by molar-refractivity contribution is 9.10. The fourth-order valence-corrected chi connectivity index (χ4v) is 4.57. The lowest BCUT2D eigenvalue weighted by Gasteiger charge is -2.39. The Morgan fingerprint density at radius 2 is 1.95 bits per heavy atom. The largest absolute Gasteiger partial charge is 0.311 e. The first-order chi connectivity index (χ1) is 9.54. The smallest absolute Gasteiger partial charge is 0.0464 e. The Balaban J connectivity index is 1.74. The van der Waals surface area contributed by atoms with E-state index in [1.54, 1.807) is 0 Å². The van der Waals surface area contributed by atoms with Crippen LogP contribution in [0.15, 0.2) is 22.7 Å². The van der Waals surface area contributed by atoms with Gasteiger partial charge in [-0.3, -0.25) is 4.90 Å². The first-order valence-corrected chi connectivity index (χ1v) is 8.64. The highest BCUT2D eigenvalue weighted by Crippen LogP contribution is 2.35. The van der Waals surface area contributed by atoms with Gasteiger partial charge in [-0.2, -0.15) is 0 Å². The molecule has 2 saturated heterocycles. The molecule has 1 N–H and O–H groups in total. The van der Waals surface area contributed by atoms with Crippen LogP contribution in [0, 0.1) is 0 Å². The number of nitrogens with zero attached hydrogens (tertiary/aromatic N) is 1. The van der Waals surface area contributed by atoms with Crippen molar-refractivity contribution in [1.82, 2.24) is 10.2 Å². The van der Waals surface area contributed by atoms with E-state index in [-0.39, 0.29) is 0 Å². The van der Waals surface area contributed by atoms with E-state index >= 15 is 0 Å². The van der Waals surface area contributed by atoms with Gasteiger partial charge < -0.3 is 5.32 Å². The van der Waals surface area contributed by atoms with Crippen LogP contribution in [0.1, 0.15) is 44.2 Å². The monoisotopic (exact) mass is 356 g/mol.